The van der Waals surface area contributed by atoms with Crippen molar-refractivity contribution in [3.63, 3.8) is 0 Å². The molecule has 0 saturated carbocycles. The van der Waals surface area contributed by atoms with Crippen LogP contribution in [0.3, 0.4) is 0 Å². The molecule has 0 heterocycles. The van der Waals surface area contributed by atoms with Crippen molar-refractivity contribution < 1.29 is 19.4 Å². The maximum Gasteiger partial charge on any atom is 0.304 e. The molecule has 4 nitrogen and oxygen atoms in total. The van der Waals surface area contributed by atoms with E-state index in [9.17, 15) is 4.79 Å². The lowest BCUT2D eigenvalue weighted by atomic mass is 9.96. The van der Waals surface area contributed by atoms with Gasteiger partial charge < -0.3 is 14.6 Å². The monoisotopic (exact) mass is 386 g/mol. The summed E-state index contributed by atoms with van der Waals surface area (Å²) in [7, 11) is 0. The van der Waals surface area contributed by atoms with Gasteiger partial charge in [-0.1, -0.05) is 48.4 Å². The van der Waals surface area contributed by atoms with E-state index >= 15 is 0 Å². The Morgan fingerprint density at radius 1 is 0.931 bits per heavy atom. The van der Waals surface area contributed by atoms with Crippen molar-refractivity contribution >= 4 is 5.97 Å². The fraction of sp³-hybridized carbons (Fsp3) is 0.160. The van der Waals surface area contributed by atoms with Crippen LogP contribution in [0.1, 0.15) is 30.4 Å². The Kier molecular flexibility index (Phi) is 6.91. The number of aliphatic carboxylic acids is 1. The van der Waals surface area contributed by atoms with Gasteiger partial charge in [-0.05, 0) is 54.4 Å². The Balaban J connectivity index is 1.62. The van der Waals surface area contributed by atoms with E-state index in [2.05, 4.69) is 11.8 Å². The van der Waals surface area contributed by atoms with Gasteiger partial charge in [0.05, 0.1) is 12.3 Å². The van der Waals surface area contributed by atoms with Crippen LogP contribution in [-0.4, -0.2) is 11.1 Å². The first-order chi connectivity index (χ1) is 14.1. The fourth-order valence-corrected chi connectivity index (χ4v) is 2.89. The van der Waals surface area contributed by atoms with Crippen LogP contribution in [0, 0.1) is 11.8 Å². The molecule has 0 aliphatic carbocycles. The molecule has 1 unspecified atom stereocenters. The molecule has 0 spiro atoms. The fourth-order valence-electron chi connectivity index (χ4n) is 2.89. The minimum atomic E-state index is -0.865. The second-order valence-corrected chi connectivity index (χ2v) is 6.47. The van der Waals surface area contributed by atoms with Crippen molar-refractivity contribution in [2.24, 2.45) is 0 Å². The third-order valence-electron chi connectivity index (χ3n) is 4.26. The second-order valence-electron chi connectivity index (χ2n) is 6.47. The standard InChI is InChI=1S/C25H22O4/c1-2-7-21(17-25(26)27)20-12-14-22(15-13-20)28-18-19-8-6-11-24(16-19)29-23-9-4-3-5-10-23/h3-6,8-16,21H,17-18H2,1H3,(H,26,27). The van der Waals surface area contributed by atoms with E-state index in [1.807, 2.05) is 78.9 Å². The Hall–Kier alpha value is -3.71. The van der Waals surface area contributed by atoms with Gasteiger partial charge in [0, 0.05) is 0 Å². The van der Waals surface area contributed by atoms with E-state index in [-0.39, 0.29) is 12.3 Å². The number of carbonyl (C=O) groups is 1. The zero-order valence-corrected chi connectivity index (χ0v) is 16.2. The molecule has 3 aromatic rings. The lowest BCUT2D eigenvalue weighted by molar-refractivity contribution is -0.137. The highest BCUT2D eigenvalue weighted by molar-refractivity contribution is 5.69. The van der Waals surface area contributed by atoms with Crippen molar-refractivity contribution in [1.29, 1.82) is 0 Å². The zero-order valence-electron chi connectivity index (χ0n) is 16.2. The summed E-state index contributed by atoms with van der Waals surface area (Å²) >= 11 is 0. The van der Waals surface area contributed by atoms with Gasteiger partial charge in [0.1, 0.15) is 23.9 Å². The molecule has 3 aromatic carbocycles. The molecule has 0 bridgehead atoms. The molecule has 0 saturated heterocycles. The minimum absolute atomic E-state index is 0.0186. The summed E-state index contributed by atoms with van der Waals surface area (Å²) in [6.45, 7) is 2.11. The molecular weight excluding hydrogens is 364 g/mol. The van der Waals surface area contributed by atoms with Crippen molar-refractivity contribution in [2.45, 2.75) is 25.9 Å². The summed E-state index contributed by atoms with van der Waals surface area (Å²) in [6, 6.07) is 24.8. The number of hydrogen-bond acceptors (Lipinski definition) is 3. The molecule has 0 fully saturated rings. The first kappa shape index (κ1) is 20.0. The molecular formula is C25H22O4. The van der Waals surface area contributed by atoms with Crippen LogP contribution in [0.4, 0.5) is 0 Å². The van der Waals surface area contributed by atoms with Gasteiger partial charge in [0.2, 0.25) is 0 Å². The van der Waals surface area contributed by atoms with Crippen molar-refractivity contribution in [3.05, 3.63) is 90.0 Å². The summed E-state index contributed by atoms with van der Waals surface area (Å²) in [6.07, 6.45) is -0.0186. The van der Waals surface area contributed by atoms with Gasteiger partial charge >= 0.3 is 5.97 Å². The molecule has 4 heteroatoms. The number of carboxylic acids is 1. The summed E-state index contributed by atoms with van der Waals surface area (Å²) in [4.78, 5) is 11.0. The molecule has 0 aromatic heterocycles. The molecule has 0 radical (unpaired) electrons. The number of carboxylic acid groups (broad SMARTS) is 1. The van der Waals surface area contributed by atoms with Crippen molar-refractivity contribution in [2.75, 3.05) is 0 Å². The molecule has 1 atom stereocenters. The highest BCUT2D eigenvalue weighted by atomic mass is 16.5. The summed E-state index contributed by atoms with van der Waals surface area (Å²) in [5.41, 5.74) is 1.86. The number of hydrogen-bond donors (Lipinski definition) is 1. The van der Waals surface area contributed by atoms with Gasteiger partial charge in [0.25, 0.3) is 0 Å². The predicted molar refractivity (Wildman–Crippen MR) is 112 cm³/mol. The first-order valence-electron chi connectivity index (χ1n) is 9.32. The highest BCUT2D eigenvalue weighted by Gasteiger charge is 2.13. The van der Waals surface area contributed by atoms with E-state index in [0.717, 1.165) is 22.6 Å². The van der Waals surface area contributed by atoms with Crippen LogP contribution in [-0.2, 0) is 11.4 Å². The number of rotatable bonds is 8. The number of benzene rings is 3. The van der Waals surface area contributed by atoms with Crippen LogP contribution in [0.15, 0.2) is 78.9 Å². The average Bonchev–Trinajstić information content (AvgIpc) is 2.73. The maximum absolute atomic E-state index is 11.0. The van der Waals surface area contributed by atoms with Gasteiger partial charge in [-0.25, -0.2) is 0 Å². The SMILES string of the molecule is CC#CC(CC(=O)O)c1ccc(OCc2cccc(Oc3ccccc3)c2)cc1. The lowest BCUT2D eigenvalue weighted by Gasteiger charge is -2.11. The van der Waals surface area contributed by atoms with Gasteiger partial charge in [-0.2, -0.15) is 0 Å². The smallest absolute Gasteiger partial charge is 0.304 e. The first-order valence-corrected chi connectivity index (χ1v) is 9.32. The quantitative estimate of drug-likeness (QED) is 0.509. The van der Waals surface area contributed by atoms with Crippen LogP contribution in [0.25, 0.3) is 0 Å². The Morgan fingerprint density at radius 3 is 2.34 bits per heavy atom. The van der Waals surface area contributed by atoms with Crippen LogP contribution in [0.5, 0.6) is 17.2 Å². The molecule has 3 rings (SSSR count). The third-order valence-corrected chi connectivity index (χ3v) is 4.26. The van der Waals surface area contributed by atoms with E-state index in [1.165, 1.54) is 0 Å². The van der Waals surface area contributed by atoms with Gasteiger partial charge in [-0.3, -0.25) is 4.79 Å². The Morgan fingerprint density at radius 2 is 1.66 bits per heavy atom. The van der Waals surface area contributed by atoms with Crippen molar-refractivity contribution in [3.8, 4) is 29.1 Å². The third kappa shape index (κ3) is 6.15. The Bertz CT molecular complexity index is 998. The largest absolute Gasteiger partial charge is 0.489 e. The molecule has 0 amide bonds. The maximum atomic E-state index is 11.0. The van der Waals surface area contributed by atoms with Crippen LogP contribution >= 0.6 is 0 Å². The summed E-state index contributed by atoms with van der Waals surface area (Å²) in [5, 5.41) is 9.05. The highest BCUT2D eigenvalue weighted by Crippen LogP contribution is 2.24. The van der Waals surface area contributed by atoms with Gasteiger partial charge in [0.15, 0.2) is 0 Å². The summed E-state index contributed by atoms with van der Waals surface area (Å²) in [5.74, 6) is 6.81. The zero-order chi connectivity index (χ0) is 20.5. The lowest BCUT2D eigenvalue weighted by Crippen LogP contribution is -2.04. The Labute approximate surface area is 170 Å². The van der Waals surface area contributed by atoms with E-state index in [1.54, 1.807) is 6.92 Å². The number of para-hydroxylation sites is 1. The predicted octanol–water partition coefficient (Wildman–Crippen LogP) is 5.64. The van der Waals surface area contributed by atoms with Gasteiger partial charge in [-0.15, -0.1) is 5.92 Å². The molecule has 0 aliphatic rings. The molecule has 146 valence electrons. The topological polar surface area (TPSA) is 55.8 Å². The minimum Gasteiger partial charge on any atom is -0.489 e. The van der Waals surface area contributed by atoms with E-state index in [0.29, 0.717) is 12.4 Å². The normalized spacial score (nSPS) is 11.1. The molecule has 1 N–H and O–H groups in total. The summed E-state index contributed by atoms with van der Waals surface area (Å²) < 4.78 is 11.7. The van der Waals surface area contributed by atoms with E-state index < -0.39 is 5.97 Å². The van der Waals surface area contributed by atoms with E-state index in [4.69, 9.17) is 14.6 Å². The molecule has 29 heavy (non-hydrogen) atoms. The second kappa shape index (κ2) is 10.0. The molecule has 0 aliphatic heterocycles. The average molecular weight is 386 g/mol. The van der Waals surface area contributed by atoms with Crippen molar-refractivity contribution in [1.82, 2.24) is 0 Å². The van der Waals surface area contributed by atoms with Crippen LogP contribution < -0.4 is 9.47 Å². The number of ether oxygens (including phenoxy) is 2. The van der Waals surface area contributed by atoms with Crippen LogP contribution in [0.2, 0.25) is 0 Å².